The summed E-state index contributed by atoms with van der Waals surface area (Å²) >= 11 is 6.15. The summed E-state index contributed by atoms with van der Waals surface area (Å²) in [4.78, 5) is 15.2. The van der Waals surface area contributed by atoms with Gasteiger partial charge in [0.25, 0.3) is 0 Å². The molecule has 7 heteroatoms. The molecule has 1 amide bonds. The van der Waals surface area contributed by atoms with Gasteiger partial charge < -0.3 is 14.8 Å². The number of hydrogen-bond donors (Lipinski definition) is 1. The van der Waals surface area contributed by atoms with Crippen molar-refractivity contribution >= 4 is 23.6 Å². The van der Waals surface area contributed by atoms with E-state index >= 15 is 0 Å². The molecule has 0 radical (unpaired) electrons. The van der Waals surface area contributed by atoms with E-state index in [-0.39, 0.29) is 18.6 Å². The number of nitriles is 1. The number of pyridine rings is 1. The zero-order valence-corrected chi connectivity index (χ0v) is 15.2. The van der Waals surface area contributed by atoms with Crippen molar-refractivity contribution < 1.29 is 14.3 Å². The van der Waals surface area contributed by atoms with Gasteiger partial charge in [0.2, 0.25) is 11.8 Å². The Morgan fingerprint density at radius 2 is 2.23 bits per heavy atom. The van der Waals surface area contributed by atoms with E-state index in [9.17, 15) is 4.79 Å². The number of benzene rings is 1. The second-order valence-corrected chi connectivity index (χ2v) is 5.83. The SMILES string of the molecule is CC(=O)N[C@@H](C)/C=C/c1ccc(Oc2ccc(OCC#N)cc2Cl)nc1. The Morgan fingerprint density at radius 3 is 2.85 bits per heavy atom. The molecule has 0 saturated carbocycles. The van der Waals surface area contributed by atoms with Crippen molar-refractivity contribution in [2.75, 3.05) is 6.61 Å². The topological polar surface area (TPSA) is 84.2 Å². The molecule has 0 fully saturated rings. The number of aromatic nitrogens is 1. The second-order valence-electron chi connectivity index (χ2n) is 5.42. The van der Waals surface area contributed by atoms with Crippen LogP contribution in [0.2, 0.25) is 5.02 Å². The van der Waals surface area contributed by atoms with Crippen LogP contribution in [-0.4, -0.2) is 23.5 Å². The highest BCUT2D eigenvalue weighted by Crippen LogP contribution is 2.31. The lowest BCUT2D eigenvalue weighted by molar-refractivity contribution is -0.119. The summed E-state index contributed by atoms with van der Waals surface area (Å²) in [6, 6.07) is 10.3. The number of hydrogen-bond acceptors (Lipinski definition) is 5. The van der Waals surface area contributed by atoms with E-state index < -0.39 is 0 Å². The van der Waals surface area contributed by atoms with E-state index in [0.717, 1.165) is 5.56 Å². The van der Waals surface area contributed by atoms with E-state index in [2.05, 4.69) is 10.3 Å². The van der Waals surface area contributed by atoms with Crippen LogP contribution < -0.4 is 14.8 Å². The number of nitrogens with one attached hydrogen (secondary N) is 1. The molecule has 1 aromatic heterocycles. The maximum Gasteiger partial charge on any atom is 0.219 e. The molecule has 0 unspecified atom stereocenters. The lowest BCUT2D eigenvalue weighted by atomic mass is 10.2. The lowest BCUT2D eigenvalue weighted by Crippen LogP contribution is -2.28. The second kappa shape index (κ2) is 9.44. The summed E-state index contributed by atoms with van der Waals surface area (Å²) in [5, 5.41) is 11.6. The largest absolute Gasteiger partial charge is 0.479 e. The highest BCUT2D eigenvalue weighted by Gasteiger charge is 2.06. The Bertz CT molecular complexity index is 829. The first-order valence-corrected chi connectivity index (χ1v) is 8.24. The van der Waals surface area contributed by atoms with Gasteiger partial charge in [-0.2, -0.15) is 5.26 Å². The molecule has 0 aliphatic heterocycles. The molecule has 2 rings (SSSR count). The van der Waals surface area contributed by atoms with Gasteiger partial charge in [0.05, 0.1) is 5.02 Å². The van der Waals surface area contributed by atoms with Gasteiger partial charge in [-0.3, -0.25) is 4.79 Å². The van der Waals surface area contributed by atoms with Crippen molar-refractivity contribution in [3.8, 4) is 23.4 Å². The van der Waals surface area contributed by atoms with Crippen LogP contribution >= 0.6 is 11.6 Å². The van der Waals surface area contributed by atoms with Crippen LogP contribution in [0.25, 0.3) is 6.08 Å². The Morgan fingerprint density at radius 1 is 1.42 bits per heavy atom. The van der Waals surface area contributed by atoms with Crippen molar-refractivity contribution in [1.82, 2.24) is 10.3 Å². The maximum atomic E-state index is 11.0. The van der Waals surface area contributed by atoms with Crippen LogP contribution in [-0.2, 0) is 4.79 Å². The number of rotatable bonds is 7. The van der Waals surface area contributed by atoms with E-state index in [0.29, 0.717) is 22.4 Å². The smallest absolute Gasteiger partial charge is 0.219 e. The molecular formula is C19H18ClN3O3. The number of carbonyl (C=O) groups excluding carboxylic acids is 1. The van der Waals surface area contributed by atoms with E-state index in [1.807, 2.05) is 31.2 Å². The summed E-state index contributed by atoms with van der Waals surface area (Å²) < 4.78 is 10.8. The molecule has 0 aliphatic carbocycles. The number of ether oxygens (including phenoxy) is 2. The van der Waals surface area contributed by atoms with Gasteiger partial charge in [0.1, 0.15) is 17.6 Å². The average Bonchev–Trinajstić information content (AvgIpc) is 2.61. The Labute approximate surface area is 157 Å². The summed E-state index contributed by atoms with van der Waals surface area (Å²) in [6.45, 7) is 3.31. The van der Waals surface area contributed by atoms with Gasteiger partial charge in [-0.15, -0.1) is 0 Å². The van der Waals surface area contributed by atoms with Gasteiger partial charge in [-0.05, 0) is 30.7 Å². The standard InChI is InChI=1S/C19H18ClN3O3/c1-13(23-14(2)24)3-4-15-5-8-19(22-12-15)26-18-7-6-16(11-17(18)20)25-10-9-21/h3-8,11-13H,10H2,1-2H3,(H,23,24)/b4-3+/t13-/m0/s1. The zero-order valence-electron chi connectivity index (χ0n) is 14.4. The molecule has 1 aromatic carbocycles. The summed E-state index contributed by atoms with van der Waals surface area (Å²) in [6.07, 6.45) is 5.39. The maximum absolute atomic E-state index is 11.0. The molecule has 0 aliphatic rings. The summed E-state index contributed by atoms with van der Waals surface area (Å²) in [5.74, 6) is 1.24. The first-order chi connectivity index (χ1) is 12.5. The van der Waals surface area contributed by atoms with Crippen LogP contribution in [0.5, 0.6) is 17.4 Å². The Kier molecular flexibility index (Phi) is 7.01. The Hall–Kier alpha value is -3.04. The van der Waals surface area contributed by atoms with E-state index in [1.54, 1.807) is 30.5 Å². The van der Waals surface area contributed by atoms with Gasteiger partial charge in [0, 0.05) is 31.3 Å². The molecule has 26 heavy (non-hydrogen) atoms. The highest BCUT2D eigenvalue weighted by molar-refractivity contribution is 6.32. The van der Waals surface area contributed by atoms with Gasteiger partial charge in [-0.1, -0.05) is 23.8 Å². The fourth-order valence-corrected chi connectivity index (χ4v) is 2.27. The molecule has 2 aromatic rings. The molecule has 0 spiro atoms. The first kappa shape index (κ1) is 19.3. The number of amides is 1. The van der Waals surface area contributed by atoms with Crippen molar-refractivity contribution in [3.63, 3.8) is 0 Å². The monoisotopic (exact) mass is 371 g/mol. The number of carbonyl (C=O) groups is 1. The Balaban J connectivity index is 2.00. The fraction of sp³-hybridized carbons (Fsp3) is 0.211. The predicted molar refractivity (Wildman–Crippen MR) is 99.2 cm³/mol. The van der Waals surface area contributed by atoms with Crippen LogP contribution in [0.1, 0.15) is 19.4 Å². The molecule has 0 saturated heterocycles. The molecule has 0 bridgehead atoms. The van der Waals surface area contributed by atoms with Crippen LogP contribution in [0.3, 0.4) is 0 Å². The zero-order chi connectivity index (χ0) is 18.9. The molecule has 1 heterocycles. The normalized spacial score (nSPS) is 11.6. The molecule has 134 valence electrons. The predicted octanol–water partition coefficient (Wildman–Crippen LogP) is 3.97. The third kappa shape index (κ3) is 6.11. The highest BCUT2D eigenvalue weighted by atomic mass is 35.5. The van der Waals surface area contributed by atoms with Gasteiger partial charge >= 0.3 is 0 Å². The van der Waals surface area contributed by atoms with Gasteiger partial charge in [0.15, 0.2) is 6.61 Å². The minimum Gasteiger partial charge on any atom is -0.479 e. The molecule has 1 N–H and O–H groups in total. The van der Waals surface area contributed by atoms with E-state index in [4.69, 9.17) is 26.3 Å². The summed E-state index contributed by atoms with van der Waals surface area (Å²) in [5.41, 5.74) is 0.876. The third-order valence-electron chi connectivity index (χ3n) is 3.19. The van der Waals surface area contributed by atoms with Gasteiger partial charge in [-0.25, -0.2) is 4.98 Å². The fourth-order valence-electron chi connectivity index (χ4n) is 2.06. The van der Waals surface area contributed by atoms with Crippen LogP contribution in [0, 0.1) is 11.3 Å². The number of nitrogens with zero attached hydrogens (tertiary/aromatic N) is 2. The van der Waals surface area contributed by atoms with Crippen molar-refractivity contribution in [3.05, 3.63) is 53.2 Å². The minimum absolute atomic E-state index is 0.0480. The first-order valence-electron chi connectivity index (χ1n) is 7.86. The average molecular weight is 372 g/mol. The van der Waals surface area contributed by atoms with Crippen molar-refractivity contribution in [1.29, 1.82) is 5.26 Å². The summed E-state index contributed by atoms with van der Waals surface area (Å²) in [7, 11) is 0. The van der Waals surface area contributed by atoms with Crippen LogP contribution in [0.4, 0.5) is 0 Å². The minimum atomic E-state index is -0.0788. The molecule has 6 nitrogen and oxygen atoms in total. The molecule has 1 atom stereocenters. The van der Waals surface area contributed by atoms with Crippen molar-refractivity contribution in [2.45, 2.75) is 19.9 Å². The number of halogens is 1. The lowest BCUT2D eigenvalue weighted by Gasteiger charge is -2.09. The van der Waals surface area contributed by atoms with E-state index in [1.165, 1.54) is 6.92 Å². The quantitative estimate of drug-likeness (QED) is 0.796. The molecular weight excluding hydrogens is 354 g/mol. The van der Waals surface area contributed by atoms with Crippen molar-refractivity contribution in [2.24, 2.45) is 0 Å². The third-order valence-corrected chi connectivity index (χ3v) is 3.48. The van der Waals surface area contributed by atoms with Crippen LogP contribution in [0.15, 0.2) is 42.6 Å².